The van der Waals surface area contributed by atoms with E-state index in [4.69, 9.17) is 4.74 Å². The third-order valence-electron chi connectivity index (χ3n) is 3.57. The van der Waals surface area contributed by atoms with Gasteiger partial charge in [0.1, 0.15) is 6.10 Å². The molecule has 2 heterocycles. The van der Waals surface area contributed by atoms with Crippen molar-refractivity contribution in [3.8, 4) is 5.88 Å². The van der Waals surface area contributed by atoms with Gasteiger partial charge >= 0.3 is 6.03 Å². The number of ether oxygens (including phenoxy) is 1. The van der Waals surface area contributed by atoms with E-state index < -0.39 is 0 Å². The molecule has 0 saturated carbocycles. The molecule has 1 aliphatic rings. The van der Waals surface area contributed by atoms with Gasteiger partial charge in [0, 0.05) is 18.3 Å². The summed E-state index contributed by atoms with van der Waals surface area (Å²) in [5.41, 5.74) is 2.02. The van der Waals surface area contributed by atoms with Crippen LogP contribution in [-0.4, -0.2) is 35.1 Å². The summed E-state index contributed by atoms with van der Waals surface area (Å²) in [5, 5.41) is 2.91. The summed E-state index contributed by atoms with van der Waals surface area (Å²) in [6, 6.07) is 15.5. The van der Waals surface area contributed by atoms with Crippen molar-refractivity contribution in [3.05, 3.63) is 59.8 Å². The molecule has 1 aromatic heterocycles. The van der Waals surface area contributed by atoms with Crippen LogP contribution in [0.2, 0.25) is 0 Å². The highest BCUT2D eigenvalue weighted by Crippen LogP contribution is 2.16. The summed E-state index contributed by atoms with van der Waals surface area (Å²) < 4.78 is 5.74. The topological polar surface area (TPSA) is 54.5 Å². The molecule has 1 fully saturated rings. The molecule has 1 saturated heterocycles. The summed E-state index contributed by atoms with van der Waals surface area (Å²) in [6.07, 6.45) is 0.0248. The molecule has 114 valence electrons. The number of amides is 2. The fourth-order valence-electron chi connectivity index (χ4n) is 2.32. The molecular formula is C17H19N3O2. The van der Waals surface area contributed by atoms with E-state index in [0.29, 0.717) is 25.5 Å². The first-order chi connectivity index (χ1) is 10.7. The summed E-state index contributed by atoms with van der Waals surface area (Å²) in [7, 11) is 0. The zero-order chi connectivity index (χ0) is 15.4. The average Bonchev–Trinajstić information content (AvgIpc) is 2.49. The van der Waals surface area contributed by atoms with E-state index in [1.54, 1.807) is 4.90 Å². The van der Waals surface area contributed by atoms with E-state index in [0.717, 1.165) is 11.3 Å². The Morgan fingerprint density at radius 2 is 2.00 bits per heavy atom. The predicted molar refractivity (Wildman–Crippen MR) is 83.6 cm³/mol. The Morgan fingerprint density at radius 3 is 2.73 bits per heavy atom. The third kappa shape index (κ3) is 3.55. The zero-order valence-electron chi connectivity index (χ0n) is 12.5. The van der Waals surface area contributed by atoms with Gasteiger partial charge in [0.2, 0.25) is 5.88 Å². The van der Waals surface area contributed by atoms with Crippen LogP contribution in [0.15, 0.2) is 48.5 Å². The van der Waals surface area contributed by atoms with Crippen LogP contribution in [-0.2, 0) is 6.54 Å². The number of rotatable bonds is 4. The molecule has 1 N–H and O–H groups in total. The molecule has 5 nitrogen and oxygen atoms in total. The van der Waals surface area contributed by atoms with Crippen molar-refractivity contribution in [2.24, 2.45) is 0 Å². The summed E-state index contributed by atoms with van der Waals surface area (Å²) in [5.74, 6) is 0.620. The molecule has 0 unspecified atom stereocenters. The molecule has 2 aromatic rings. The van der Waals surface area contributed by atoms with Crippen LogP contribution < -0.4 is 10.1 Å². The van der Waals surface area contributed by atoms with Crippen LogP contribution in [0.5, 0.6) is 5.88 Å². The minimum Gasteiger partial charge on any atom is -0.471 e. The van der Waals surface area contributed by atoms with Gasteiger partial charge < -0.3 is 15.0 Å². The highest BCUT2D eigenvalue weighted by atomic mass is 16.5. The van der Waals surface area contributed by atoms with Crippen molar-refractivity contribution in [1.29, 1.82) is 0 Å². The lowest BCUT2D eigenvalue weighted by molar-refractivity contribution is 0.0412. The first-order valence-electron chi connectivity index (χ1n) is 7.38. The van der Waals surface area contributed by atoms with Gasteiger partial charge in [0.25, 0.3) is 0 Å². The van der Waals surface area contributed by atoms with Gasteiger partial charge in [-0.25, -0.2) is 9.78 Å². The molecule has 0 bridgehead atoms. The summed E-state index contributed by atoms with van der Waals surface area (Å²) in [4.78, 5) is 18.0. The second-order valence-corrected chi connectivity index (χ2v) is 5.41. The van der Waals surface area contributed by atoms with Crippen LogP contribution in [0.1, 0.15) is 11.3 Å². The molecule has 2 amide bonds. The van der Waals surface area contributed by atoms with Crippen molar-refractivity contribution in [2.45, 2.75) is 19.6 Å². The number of hydrogen-bond acceptors (Lipinski definition) is 3. The number of carbonyl (C=O) groups excluding carboxylic acids is 1. The zero-order valence-corrected chi connectivity index (χ0v) is 12.5. The van der Waals surface area contributed by atoms with Crippen LogP contribution in [0.4, 0.5) is 4.79 Å². The van der Waals surface area contributed by atoms with Gasteiger partial charge in [0.05, 0.1) is 13.1 Å². The standard InChI is InChI=1S/C17H19N3O2/c1-13-6-5-9-16(19-13)22-15-11-20(12-15)17(21)18-10-14-7-3-2-4-8-14/h2-9,15H,10-12H2,1H3,(H,18,21). The molecule has 1 aromatic carbocycles. The molecule has 0 aliphatic carbocycles. The van der Waals surface area contributed by atoms with Crippen molar-refractivity contribution in [3.63, 3.8) is 0 Å². The number of nitrogens with one attached hydrogen (secondary N) is 1. The SMILES string of the molecule is Cc1cccc(OC2CN(C(=O)NCc3ccccc3)C2)n1. The lowest BCUT2D eigenvalue weighted by atomic mass is 10.2. The first-order valence-corrected chi connectivity index (χ1v) is 7.38. The first kappa shape index (κ1) is 14.4. The Labute approximate surface area is 129 Å². The van der Waals surface area contributed by atoms with Gasteiger partial charge in [-0.05, 0) is 18.6 Å². The lowest BCUT2D eigenvalue weighted by Crippen LogP contribution is -2.58. The highest BCUT2D eigenvalue weighted by Gasteiger charge is 2.32. The minimum atomic E-state index is -0.0547. The molecular weight excluding hydrogens is 278 g/mol. The van der Waals surface area contributed by atoms with E-state index in [2.05, 4.69) is 10.3 Å². The number of hydrogen-bond donors (Lipinski definition) is 1. The second kappa shape index (κ2) is 6.47. The van der Waals surface area contributed by atoms with Crippen molar-refractivity contribution < 1.29 is 9.53 Å². The number of aryl methyl sites for hydroxylation is 1. The van der Waals surface area contributed by atoms with E-state index in [9.17, 15) is 4.79 Å². The number of nitrogens with zero attached hydrogens (tertiary/aromatic N) is 2. The largest absolute Gasteiger partial charge is 0.471 e. The minimum absolute atomic E-state index is 0.0248. The Balaban J connectivity index is 1.42. The highest BCUT2D eigenvalue weighted by molar-refractivity contribution is 5.75. The predicted octanol–water partition coefficient (Wildman–Crippen LogP) is 2.36. The number of likely N-dealkylation sites (tertiary alicyclic amines) is 1. The smallest absolute Gasteiger partial charge is 0.317 e. The van der Waals surface area contributed by atoms with Gasteiger partial charge in [-0.15, -0.1) is 0 Å². The Bertz CT molecular complexity index is 639. The number of carbonyl (C=O) groups is 1. The molecule has 0 radical (unpaired) electrons. The maximum atomic E-state index is 12.0. The number of urea groups is 1. The van der Waals surface area contributed by atoms with Crippen LogP contribution >= 0.6 is 0 Å². The fourth-order valence-corrected chi connectivity index (χ4v) is 2.32. The monoisotopic (exact) mass is 297 g/mol. The molecule has 22 heavy (non-hydrogen) atoms. The number of benzene rings is 1. The van der Waals surface area contributed by atoms with Crippen LogP contribution in [0, 0.1) is 6.92 Å². The summed E-state index contributed by atoms with van der Waals surface area (Å²) in [6.45, 7) is 3.66. The number of pyridine rings is 1. The van der Waals surface area contributed by atoms with E-state index in [-0.39, 0.29) is 12.1 Å². The molecule has 1 aliphatic heterocycles. The average molecular weight is 297 g/mol. The maximum Gasteiger partial charge on any atom is 0.317 e. The lowest BCUT2D eigenvalue weighted by Gasteiger charge is -2.38. The fraction of sp³-hybridized carbons (Fsp3) is 0.294. The van der Waals surface area contributed by atoms with Crippen molar-refractivity contribution in [1.82, 2.24) is 15.2 Å². The Hall–Kier alpha value is -2.56. The normalized spacial score (nSPS) is 14.3. The molecule has 0 atom stereocenters. The maximum absolute atomic E-state index is 12.0. The van der Waals surface area contributed by atoms with Gasteiger partial charge in [-0.3, -0.25) is 0 Å². The van der Waals surface area contributed by atoms with Gasteiger partial charge in [-0.1, -0.05) is 36.4 Å². The summed E-state index contributed by atoms with van der Waals surface area (Å²) >= 11 is 0. The molecule has 5 heteroatoms. The van der Waals surface area contributed by atoms with Crippen LogP contribution in [0.3, 0.4) is 0 Å². The van der Waals surface area contributed by atoms with Gasteiger partial charge in [-0.2, -0.15) is 0 Å². The quantitative estimate of drug-likeness (QED) is 0.942. The van der Waals surface area contributed by atoms with Crippen LogP contribution in [0.25, 0.3) is 0 Å². The van der Waals surface area contributed by atoms with Crippen molar-refractivity contribution in [2.75, 3.05) is 13.1 Å². The second-order valence-electron chi connectivity index (χ2n) is 5.41. The molecule has 3 rings (SSSR count). The van der Waals surface area contributed by atoms with Crippen molar-refractivity contribution >= 4 is 6.03 Å². The van der Waals surface area contributed by atoms with E-state index in [1.165, 1.54) is 0 Å². The molecule has 0 spiro atoms. The van der Waals surface area contributed by atoms with E-state index in [1.807, 2.05) is 55.5 Å². The number of aromatic nitrogens is 1. The Morgan fingerprint density at radius 1 is 1.23 bits per heavy atom. The third-order valence-corrected chi connectivity index (χ3v) is 3.57. The van der Waals surface area contributed by atoms with E-state index >= 15 is 0 Å². The van der Waals surface area contributed by atoms with Gasteiger partial charge in [0.15, 0.2) is 0 Å². The Kier molecular flexibility index (Phi) is 4.23.